The summed E-state index contributed by atoms with van der Waals surface area (Å²) in [4.78, 5) is 16.6. The summed E-state index contributed by atoms with van der Waals surface area (Å²) in [6.07, 6.45) is 4.11. The van der Waals surface area contributed by atoms with E-state index in [1.54, 1.807) is 4.90 Å². The van der Waals surface area contributed by atoms with Crippen molar-refractivity contribution in [3.63, 3.8) is 0 Å². The highest BCUT2D eigenvalue weighted by molar-refractivity contribution is 5.91. The van der Waals surface area contributed by atoms with Gasteiger partial charge in [0.25, 0.3) is 5.91 Å². The summed E-state index contributed by atoms with van der Waals surface area (Å²) in [6.45, 7) is 13.2. The number of hydrogen-bond donors (Lipinski definition) is 0. The van der Waals surface area contributed by atoms with Crippen molar-refractivity contribution >= 4 is 5.91 Å². The standard InChI is InChI=1S/C16H29N5O/c1-5-20(6-2)16(22)15-12-21(18-17-15)14-8-7-9-19(11-14)10-13(3)4/h12-14H,5-11H2,1-4H3/t14-/m1/s1. The van der Waals surface area contributed by atoms with Crippen LogP contribution in [0.3, 0.4) is 0 Å². The first kappa shape index (κ1) is 16.9. The largest absolute Gasteiger partial charge is 0.338 e. The van der Waals surface area contributed by atoms with Gasteiger partial charge in [-0.05, 0) is 39.2 Å². The van der Waals surface area contributed by atoms with E-state index in [9.17, 15) is 4.79 Å². The zero-order valence-electron chi connectivity index (χ0n) is 14.3. The third-order valence-electron chi connectivity index (χ3n) is 4.26. The second kappa shape index (κ2) is 7.72. The van der Waals surface area contributed by atoms with E-state index in [1.807, 2.05) is 24.7 Å². The SMILES string of the molecule is CCN(CC)C(=O)c1cn([C@@H]2CCCN(CC(C)C)C2)nn1. The van der Waals surface area contributed by atoms with E-state index in [0.717, 1.165) is 26.1 Å². The molecule has 1 amide bonds. The molecule has 0 unspecified atom stereocenters. The number of nitrogens with zero attached hydrogens (tertiary/aromatic N) is 5. The third kappa shape index (κ3) is 4.06. The Labute approximate surface area is 133 Å². The normalized spacial score (nSPS) is 19.6. The van der Waals surface area contributed by atoms with Crippen molar-refractivity contribution in [2.45, 2.75) is 46.6 Å². The number of amides is 1. The summed E-state index contributed by atoms with van der Waals surface area (Å²) in [5, 5.41) is 8.32. The minimum atomic E-state index is -0.0221. The molecule has 1 aliphatic heterocycles. The Balaban J connectivity index is 2.03. The monoisotopic (exact) mass is 307 g/mol. The summed E-state index contributed by atoms with van der Waals surface area (Å²) >= 11 is 0. The lowest BCUT2D eigenvalue weighted by atomic mass is 10.0. The highest BCUT2D eigenvalue weighted by atomic mass is 16.2. The second-order valence-electron chi connectivity index (χ2n) is 6.51. The Kier molecular flexibility index (Phi) is 5.94. The van der Waals surface area contributed by atoms with E-state index in [4.69, 9.17) is 0 Å². The number of likely N-dealkylation sites (tertiary alicyclic amines) is 1. The molecule has 2 rings (SSSR count). The minimum Gasteiger partial charge on any atom is -0.338 e. The maximum atomic E-state index is 12.3. The highest BCUT2D eigenvalue weighted by Crippen LogP contribution is 2.21. The van der Waals surface area contributed by atoms with Crippen LogP contribution in [0.15, 0.2) is 6.20 Å². The molecule has 1 aromatic heterocycles. The van der Waals surface area contributed by atoms with Crippen molar-refractivity contribution in [1.29, 1.82) is 0 Å². The fourth-order valence-corrected chi connectivity index (χ4v) is 3.16. The Morgan fingerprint density at radius 2 is 2.14 bits per heavy atom. The van der Waals surface area contributed by atoms with Gasteiger partial charge < -0.3 is 9.80 Å². The Morgan fingerprint density at radius 1 is 1.41 bits per heavy atom. The van der Waals surface area contributed by atoms with Gasteiger partial charge in [0, 0.05) is 26.2 Å². The molecule has 1 atom stereocenters. The Bertz CT molecular complexity index is 481. The van der Waals surface area contributed by atoms with Crippen LogP contribution < -0.4 is 0 Å². The Hall–Kier alpha value is -1.43. The molecule has 2 heterocycles. The van der Waals surface area contributed by atoms with Crippen LogP contribution in [0.5, 0.6) is 0 Å². The average molecular weight is 307 g/mol. The number of carbonyl (C=O) groups is 1. The van der Waals surface area contributed by atoms with Gasteiger partial charge in [0.2, 0.25) is 0 Å². The first-order valence-electron chi connectivity index (χ1n) is 8.48. The lowest BCUT2D eigenvalue weighted by Gasteiger charge is -2.33. The zero-order chi connectivity index (χ0) is 16.1. The van der Waals surface area contributed by atoms with Gasteiger partial charge in [0.1, 0.15) is 0 Å². The smallest absolute Gasteiger partial charge is 0.276 e. The van der Waals surface area contributed by atoms with Gasteiger partial charge in [-0.3, -0.25) is 4.79 Å². The van der Waals surface area contributed by atoms with E-state index in [-0.39, 0.29) is 5.91 Å². The number of aromatic nitrogens is 3. The van der Waals surface area contributed by atoms with Gasteiger partial charge in [-0.2, -0.15) is 0 Å². The molecule has 1 saturated heterocycles. The molecule has 124 valence electrons. The van der Waals surface area contributed by atoms with E-state index < -0.39 is 0 Å². The van der Waals surface area contributed by atoms with Gasteiger partial charge in [-0.25, -0.2) is 4.68 Å². The number of carbonyl (C=O) groups excluding carboxylic acids is 1. The molecule has 0 spiro atoms. The molecular weight excluding hydrogens is 278 g/mol. The number of piperidine rings is 1. The third-order valence-corrected chi connectivity index (χ3v) is 4.26. The quantitative estimate of drug-likeness (QED) is 0.807. The lowest BCUT2D eigenvalue weighted by molar-refractivity contribution is 0.0767. The molecule has 0 bridgehead atoms. The first-order chi connectivity index (χ1) is 10.5. The first-order valence-corrected chi connectivity index (χ1v) is 8.48. The van der Waals surface area contributed by atoms with Crippen molar-refractivity contribution in [3.05, 3.63) is 11.9 Å². The topological polar surface area (TPSA) is 54.3 Å². The molecule has 22 heavy (non-hydrogen) atoms. The molecular formula is C16H29N5O. The molecule has 0 N–H and O–H groups in total. The molecule has 0 saturated carbocycles. The van der Waals surface area contributed by atoms with E-state index >= 15 is 0 Å². The lowest BCUT2D eigenvalue weighted by Crippen LogP contribution is -2.38. The Morgan fingerprint density at radius 3 is 2.77 bits per heavy atom. The minimum absolute atomic E-state index is 0.0221. The van der Waals surface area contributed by atoms with Gasteiger partial charge in [-0.1, -0.05) is 19.1 Å². The van der Waals surface area contributed by atoms with Crippen LogP contribution in [0.1, 0.15) is 57.1 Å². The van der Waals surface area contributed by atoms with Crippen LogP contribution in [-0.2, 0) is 0 Å². The number of rotatable bonds is 6. The molecule has 1 fully saturated rings. The van der Waals surface area contributed by atoms with Crippen molar-refractivity contribution in [2.75, 3.05) is 32.7 Å². The fraction of sp³-hybridized carbons (Fsp3) is 0.812. The van der Waals surface area contributed by atoms with E-state index in [2.05, 4.69) is 29.1 Å². The fourth-order valence-electron chi connectivity index (χ4n) is 3.16. The van der Waals surface area contributed by atoms with Crippen LogP contribution in [0.2, 0.25) is 0 Å². The van der Waals surface area contributed by atoms with Crippen LogP contribution in [0.25, 0.3) is 0 Å². The van der Waals surface area contributed by atoms with Crippen LogP contribution in [-0.4, -0.2) is 63.4 Å². The number of hydrogen-bond acceptors (Lipinski definition) is 4. The van der Waals surface area contributed by atoms with Crippen molar-refractivity contribution < 1.29 is 4.79 Å². The van der Waals surface area contributed by atoms with Crippen LogP contribution in [0.4, 0.5) is 0 Å². The summed E-state index contributed by atoms with van der Waals surface area (Å²) < 4.78 is 1.89. The maximum absolute atomic E-state index is 12.3. The molecule has 0 radical (unpaired) electrons. The second-order valence-corrected chi connectivity index (χ2v) is 6.51. The average Bonchev–Trinajstić information content (AvgIpc) is 2.98. The molecule has 1 aliphatic rings. The molecule has 0 aromatic carbocycles. The van der Waals surface area contributed by atoms with E-state index in [1.165, 1.54) is 6.42 Å². The van der Waals surface area contributed by atoms with Gasteiger partial charge >= 0.3 is 0 Å². The van der Waals surface area contributed by atoms with Gasteiger partial charge in [0.05, 0.1) is 12.2 Å². The molecule has 0 aliphatic carbocycles. The molecule has 6 nitrogen and oxygen atoms in total. The van der Waals surface area contributed by atoms with Crippen LogP contribution >= 0.6 is 0 Å². The van der Waals surface area contributed by atoms with Gasteiger partial charge in [0.15, 0.2) is 5.69 Å². The summed E-state index contributed by atoms with van der Waals surface area (Å²) in [7, 11) is 0. The highest BCUT2D eigenvalue weighted by Gasteiger charge is 2.24. The predicted molar refractivity (Wildman–Crippen MR) is 86.8 cm³/mol. The van der Waals surface area contributed by atoms with E-state index in [0.29, 0.717) is 30.7 Å². The maximum Gasteiger partial charge on any atom is 0.276 e. The summed E-state index contributed by atoms with van der Waals surface area (Å²) in [5.74, 6) is 0.653. The molecule has 6 heteroatoms. The zero-order valence-corrected chi connectivity index (χ0v) is 14.3. The molecule has 1 aromatic rings. The van der Waals surface area contributed by atoms with Crippen LogP contribution in [0, 0.1) is 5.92 Å². The van der Waals surface area contributed by atoms with Gasteiger partial charge in [-0.15, -0.1) is 5.10 Å². The summed E-state index contributed by atoms with van der Waals surface area (Å²) in [5.41, 5.74) is 0.463. The van der Waals surface area contributed by atoms with Crippen molar-refractivity contribution in [3.8, 4) is 0 Å². The predicted octanol–water partition coefficient (Wildman–Crippen LogP) is 2.05. The van der Waals surface area contributed by atoms with Crippen molar-refractivity contribution in [1.82, 2.24) is 24.8 Å². The summed E-state index contributed by atoms with van der Waals surface area (Å²) in [6, 6.07) is 0.332. The van der Waals surface area contributed by atoms with Crippen molar-refractivity contribution in [2.24, 2.45) is 5.92 Å².